The number of likely N-dealkylation sites (tertiary alicyclic amines) is 1. The number of allylic oxidation sites excluding steroid dienone is 1. The number of imidazole rings is 1. The van der Waals surface area contributed by atoms with Crippen LogP contribution in [0.25, 0.3) is 0 Å². The van der Waals surface area contributed by atoms with E-state index < -0.39 is 0 Å². The smallest absolute Gasteiger partial charge is 0.0951 e. The van der Waals surface area contributed by atoms with Crippen LogP contribution in [-0.4, -0.2) is 33.6 Å². The second-order valence-corrected chi connectivity index (χ2v) is 4.87. The van der Waals surface area contributed by atoms with Crippen LogP contribution in [0.1, 0.15) is 25.8 Å². The summed E-state index contributed by atoms with van der Waals surface area (Å²) in [6, 6.07) is 1.23. The maximum Gasteiger partial charge on any atom is 0.0951 e. The van der Waals surface area contributed by atoms with Crippen molar-refractivity contribution in [3.05, 3.63) is 30.9 Å². The van der Waals surface area contributed by atoms with Crippen LogP contribution in [0, 0.1) is 5.92 Å². The van der Waals surface area contributed by atoms with E-state index in [0.29, 0.717) is 12.1 Å². The van der Waals surface area contributed by atoms with Crippen LogP contribution in [-0.2, 0) is 0 Å². The molecular formula is C13H19N3. The quantitative estimate of drug-likeness (QED) is 0.707. The van der Waals surface area contributed by atoms with Crippen LogP contribution in [0.15, 0.2) is 30.9 Å². The first-order valence-electron chi connectivity index (χ1n) is 6.28. The second kappa shape index (κ2) is 4.06. The van der Waals surface area contributed by atoms with Gasteiger partial charge in [0.05, 0.1) is 12.4 Å². The van der Waals surface area contributed by atoms with Crippen molar-refractivity contribution in [2.75, 3.05) is 13.1 Å². The van der Waals surface area contributed by atoms with Crippen molar-refractivity contribution in [3.63, 3.8) is 0 Å². The number of rotatable bonds is 2. The van der Waals surface area contributed by atoms with Crippen LogP contribution in [0.4, 0.5) is 0 Å². The average Bonchev–Trinajstić information content (AvgIpc) is 2.97. The van der Waals surface area contributed by atoms with Crippen molar-refractivity contribution in [1.29, 1.82) is 0 Å². The highest BCUT2D eigenvalue weighted by atomic mass is 15.2. The first-order valence-corrected chi connectivity index (χ1v) is 6.28. The number of hydrogen-bond acceptors (Lipinski definition) is 2. The highest BCUT2D eigenvalue weighted by molar-refractivity contribution is 5.11. The van der Waals surface area contributed by atoms with Gasteiger partial charge in [0.25, 0.3) is 0 Å². The van der Waals surface area contributed by atoms with Crippen molar-refractivity contribution in [2.45, 2.75) is 31.8 Å². The molecule has 0 saturated carbocycles. The standard InChI is InChI=1S/C13H19N3/c1-2-15-7-5-11-9-12(3-4-13(11)15)16-8-6-14-10-16/h3-4,6,8,10-13H,2,5,7,9H2,1H3/t11-,12-,13-/m1/s1. The van der Waals surface area contributed by atoms with Crippen LogP contribution < -0.4 is 0 Å². The normalized spacial score (nSPS) is 34.2. The molecule has 2 heterocycles. The Hall–Kier alpha value is -1.09. The zero-order valence-corrected chi connectivity index (χ0v) is 9.79. The summed E-state index contributed by atoms with van der Waals surface area (Å²) < 4.78 is 2.22. The zero-order valence-electron chi connectivity index (χ0n) is 9.79. The average molecular weight is 217 g/mol. The summed E-state index contributed by atoms with van der Waals surface area (Å²) in [5.41, 5.74) is 0. The van der Waals surface area contributed by atoms with Gasteiger partial charge in [0, 0.05) is 18.4 Å². The number of likely N-dealkylation sites (N-methyl/N-ethyl adjacent to an activating group) is 1. The minimum atomic E-state index is 0.528. The molecule has 0 N–H and O–H groups in total. The number of nitrogens with zero attached hydrogens (tertiary/aromatic N) is 3. The minimum Gasteiger partial charge on any atom is -0.331 e. The van der Waals surface area contributed by atoms with Gasteiger partial charge in [-0.05, 0) is 31.8 Å². The molecule has 3 rings (SSSR count). The Balaban J connectivity index is 1.78. The third-order valence-electron chi connectivity index (χ3n) is 4.08. The Morgan fingerprint density at radius 2 is 2.31 bits per heavy atom. The lowest BCUT2D eigenvalue weighted by Gasteiger charge is -2.31. The van der Waals surface area contributed by atoms with Gasteiger partial charge in [-0.2, -0.15) is 0 Å². The third-order valence-corrected chi connectivity index (χ3v) is 4.08. The van der Waals surface area contributed by atoms with E-state index in [1.807, 2.05) is 12.5 Å². The topological polar surface area (TPSA) is 21.1 Å². The van der Waals surface area contributed by atoms with Crippen LogP contribution in [0.5, 0.6) is 0 Å². The summed E-state index contributed by atoms with van der Waals surface area (Å²) in [5, 5.41) is 0. The molecule has 1 aliphatic carbocycles. The Bertz CT molecular complexity index is 369. The summed E-state index contributed by atoms with van der Waals surface area (Å²) in [6.45, 7) is 4.71. The fraction of sp³-hybridized carbons (Fsp3) is 0.615. The molecule has 0 amide bonds. The molecule has 3 atom stereocenters. The highest BCUT2D eigenvalue weighted by Gasteiger charge is 2.35. The van der Waals surface area contributed by atoms with Gasteiger partial charge in [0.2, 0.25) is 0 Å². The number of hydrogen-bond donors (Lipinski definition) is 0. The lowest BCUT2D eigenvalue weighted by Crippen LogP contribution is -2.33. The van der Waals surface area contributed by atoms with Gasteiger partial charge in [0.15, 0.2) is 0 Å². The van der Waals surface area contributed by atoms with E-state index in [2.05, 4.69) is 39.7 Å². The van der Waals surface area contributed by atoms with E-state index in [9.17, 15) is 0 Å². The zero-order chi connectivity index (χ0) is 11.0. The van der Waals surface area contributed by atoms with Gasteiger partial charge in [-0.15, -0.1) is 0 Å². The largest absolute Gasteiger partial charge is 0.331 e. The summed E-state index contributed by atoms with van der Waals surface area (Å²) in [6.07, 6.45) is 13.3. The molecular weight excluding hydrogens is 198 g/mol. The van der Waals surface area contributed by atoms with E-state index in [0.717, 1.165) is 5.92 Å². The van der Waals surface area contributed by atoms with Crippen molar-refractivity contribution in [1.82, 2.24) is 14.5 Å². The summed E-state index contributed by atoms with van der Waals surface area (Å²) in [7, 11) is 0. The predicted molar refractivity (Wildman–Crippen MR) is 64.2 cm³/mol. The molecule has 1 aliphatic heterocycles. The fourth-order valence-electron chi connectivity index (χ4n) is 3.17. The van der Waals surface area contributed by atoms with Crippen molar-refractivity contribution in [2.24, 2.45) is 5.92 Å². The third kappa shape index (κ3) is 1.59. The van der Waals surface area contributed by atoms with Gasteiger partial charge in [-0.25, -0.2) is 4.98 Å². The van der Waals surface area contributed by atoms with Gasteiger partial charge < -0.3 is 4.57 Å². The van der Waals surface area contributed by atoms with Crippen molar-refractivity contribution < 1.29 is 0 Å². The summed E-state index contributed by atoms with van der Waals surface area (Å²) in [5.74, 6) is 0.845. The molecule has 3 nitrogen and oxygen atoms in total. The lowest BCUT2D eigenvalue weighted by atomic mass is 9.87. The second-order valence-electron chi connectivity index (χ2n) is 4.87. The Morgan fingerprint density at radius 3 is 3.06 bits per heavy atom. The molecule has 1 aromatic rings. The molecule has 0 radical (unpaired) electrons. The molecule has 1 saturated heterocycles. The maximum absolute atomic E-state index is 4.13. The predicted octanol–water partition coefficient (Wildman–Crippen LogP) is 2.09. The van der Waals surface area contributed by atoms with E-state index >= 15 is 0 Å². The van der Waals surface area contributed by atoms with E-state index in [4.69, 9.17) is 0 Å². The molecule has 0 spiro atoms. The summed E-state index contributed by atoms with van der Waals surface area (Å²) >= 11 is 0. The first kappa shape index (κ1) is 10.1. The van der Waals surface area contributed by atoms with Crippen molar-refractivity contribution >= 4 is 0 Å². The Labute approximate surface area is 96.8 Å². The molecule has 0 bridgehead atoms. The van der Waals surface area contributed by atoms with Crippen LogP contribution >= 0.6 is 0 Å². The minimum absolute atomic E-state index is 0.528. The first-order chi connectivity index (χ1) is 7.88. The van der Waals surface area contributed by atoms with E-state index in [1.165, 1.54) is 25.9 Å². The van der Waals surface area contributed by atoms with Crippen molar-refractivity contribution in [3.8, 4) is 0 Å². The molecule has 1 fully saturated rings. The summed E-state index contributed by atoms with van der Waals surface area (Å²) in [4.78, 5) is 6.72. The van der Waals surface area contributed by atoms with E-state index in [-0.39, 0.29) is 0 Å². The molecule has 86 valence electrons. The molecule has 0 aromatic carbocycles. The molecule has 0 unspecified atom stereocenters. The maximum atomic E-state index is 4.13. The fourth-order valence-corrected chi connectivity index (χ4v) is 3.17. The highest BCUT2D eigenvalue weighted by Crippen LogP contribution is 2.36. The van der Waals surface area contributed by atoms with Crippen LogP contribution in [0.2, 0.25) is 0 Å². The number of fused-ring (bicyclic) bond motifs is 1. The van der Waals surface area contributed by atoms with Gasteiger partial charge >= 0.3 is 0 Å². The molecule has 2 aliphatic rings. The monoisotopic (exact) mass is 217 g/mol. The van der Waals surface area contributed by atoms with E-state index in [1.54, 1.807) is 0 Å². The molecule has 16 heavy (non-hydrogen) atoms. The Morgan fingerprint density at radius 1 is 1.38 bits per heavy atom. The lowest BCUT2D eigenvalue weighted by molar-refractivity contribution is 0.254. The Kier molecular flexibility index (Phi) is 2.56. The SMILES string of the molecule is CCN1CC[C@@H]2C[C@H](n3ccnc3)C=C[C@H]21. The van der Waals surface area contributed by atoms with Gasteiger partial charge in [0.1, 0.15) is 0 Å². The van der Waals surface area contributed by atoms with Gasteiger partial charge in [-0.3, -0.25) is 4.90 Å². The number of aromatic nitrogens is 2. The van der Waals surface area contributed by atoms with Gasteiger partial charge in [-0.1, -0.05) is 19.1 Å². The molecule has 1 aromatic heterocycles. The molecule has 3 heteroatoms. The van der Waals surface area contributed by atoms with Crippen LogP contribution in [0.3, 0.4) is 0 Å².